The molecule has 1 saturated carbocycles. The fourth-order valence-corrected chi connectivity index (χ4v) is 5.43. The Morgan fingerprint density at radius 2 is 1.80 bits per heavy atom. The zero-order chi connectivity index (χ0) is 20.4. The summed E-state index contributed by atoms with van der Waals surface area (Å²) in [5.74, 6) is 1.65. The molecule has 0 unspecified atom stereocenters. The highest BCUT2D eigenvalue weighted by Crippen LogP contribution is 2.46. The number of rotatable bonds is 4. The molecule has 158 valence electrons. The lowest BCUT2D eigenvalue weighted by atomic mass is 9.77. The fourth-order valence-electron chi connectivity index (χ4n) is 5.43. The first kappa shape index (κ1) is 19.5. The molecule has 30 heavy (non-hydrogen) atoms. The van der Waals surface area contributed by atoms with E-state index in [-0.39, 0.29) is 24.2 Å². The van der Waals surface area contributed by atoms with E-state index in [1.807, 2.05) is 24.3 Å². The summed E-state index contributed by atoms with van der Waals surface area (Å²) in [6.07, 6.45) is 11.4. The molecule has 1 atom stereocenters. The molecule has 1 aliphatic heterocycles. The normalized spacial score (nSPS) is 21.8. The van der Waals surface area contributed by atoms with Crippen molar-refractivity contribution in [1.82, 2.24) is 5.32 Å². The van der Waals surface area contributed by atoms with Gasteiger partial charge in [0.05, 0.1) is 6.04 Å². The third-order valence-electron chi connectivity index (χ3n) is 6.99. The molecule has 5 rings (SSSR count). The van der Waals surface area contributed by atoms with Crippen LogP contribution in [0.25, 0.3) is 0 Å². The van der Waals surface area contributed by atoms with Crippen molar-refractivity contribution in [1.29, 1.82) is 0 Å². The van der Waals surface area contributed by atoms with Crippen molar-refractivity contribution in [2.45, 2.75) is 75.9 Å². The highest BCUT2D eigenvalue weighted by atomic mass is 16.5. The number of ether oxygens (including phenoxy) is 2. The average molecular weight is 406 g/mol. The second kappa shape index (κ2) is 8.33. The molecular weight excluding hydrogens is 374 g/mol. The van der Waals surface area contributed by atoms with E-state index in [9.17, 15) is 4.79 Å². The summed E-state index contributed by atoms with van der Waals surface area (Å²) in [6.45, 7) is 0.0469. The highest BCUT2D eigenvalue weighted by Gasteiger charge is 2.42. The lowest BCUT2D eigenvalue weighted by Crippen LogP contribution is -2.47. The molecule has 1 amide bonds. The van der Waals surface area contributed by atoms with E-state index in [1.165, 1.54) is 43.2 Å². The maximum Gasteiger partial charge on any atom is 0.258 e. The zero-order valence-corrected chi connectivity index (χ0v) is 17.6. The zero-order valence-electron chi connectivity index (χ0n) is 17.6. The largest absolute Gasteiger partial charge is 0.487 e. The van der Waals surface area contributed by atoms with Crippen molar-refractivity contribution in [3.63, 3.8) is 0 Å². The molecule has 1 spiro atoms. The van der Waals surface area contributed by atoms with Gasteiger partial charge in [-0.25, -0.2) is 0 Å². The minimum atomic E-state index is -0.135. The van der Waals surface area contributed by atoms with Gasteiger partial charge in [0.1, 0.15) is 17.1 Å². The quantitative estimate of drug-likeness (QED) is 0.752. The number of para-hydroxylation sites is 1. The lowest BCUT2D eigenvalue weighted by Gasteiger charge is -2.44. The fraction of sp³-hybridized carbons (Fsp3) is 0.500. The molecule has 4 heteroatoms. The van der Waals surface area contributed by atoms with E-state index in [0.717, 1.165) is 49.2 Å². The third-order valence-corrected chi connectivity index (χ3v) is 6.99. The molecule has 0 bridgehead atoms. The Bertz CT molecular complexity index is 916. The van der Waals surface area contributed by atoms with Gasteiger partial charge in [-0.1, -0.05) is 30.7 Å². The number of benzene rings is 2. The monoisotopic (exact) mass is 405 g/mol. The molecule has 0 aromatic heterocycles. The van der Waals surface area contributed by atoms with Crippen molar-refractivity contribution >= 4 is 5.91 Å². The SMILES string of the molecule is O=C(COc1ccc2c(c1)CCCC2)N[C@H]1CC2(CCCCC2)Oc2ccccc21. The van der Waals surface area contributed by atoms with E-state index in [1.54, 1.807) is 0 Å². The summed E-state index contributed by atoms with van der Waals surface area (Å²) < 4.78 is 12.3. The number of amides is 1. The Hall–Kier alpha value is -2.49. The lowest BCUT2D eigenvalue weighted by molar-refractivity contribution is -0.124. The van der Waals surface area contributed by atoms with Gasteiger partial charge in [0.2, 0.25) is 0 Å². The molecule has 0 radical (unpaired) electrons. The number of carbonyl (C=O) groups is 1. The molecule has 2 aromatic rings. The summed E-state index contributed by atoms with van der Waals surface area (Å²) in [5.41, 5.74) is 3.74. The highest BCUT2D eigenvalue weighted by molar-refractivity contribution is 5.78. The molecule has 1 heterocycles. The van der Waals surface area contributed by atoms with Crippen LogP contribution in [0.2, 0.25) is 0 Å². The molecule has 0 saturated heterocycles. The molecule has 3 aliphatic rings. The van der Waals surface area contributed by atoms with Crippen molar-refractivity contribution in [3.05, 3.63) is 59.2 Å². The molecule has 2 aromatic carbocycles. The van der Waals surface area contributed by atoms with Gasteiger partial charge >= 0.3 is 0 Å². The van der Waals surface area contributed by atoms with Crippen LogP contribution in [0.1, 0.15) is 74.1 Å². The summed E-state index contributed by atoms with van der Waals surface area (Å²) in [5, 5.41) is 3.24. The minimum Gasteiger partial charge on any atom is -0.487 e. The van der Waals surface area contributed by atoms with Crippen LogP contribution in [0.3, 0.4) is 0 Å². The maximum atomic E-state index is 12.8. The topological polar surface area (TPSA) is 47.6 Å². The Kier molecular flexibility index (Phi) is 5.41. The number of fused-ring (bicyclic) bond motifs is 2. The van der Waals surface area contributed by atoms with Crippen LogP contribution in [0.15, 0.2) is 42.5 Å². The standard InChI is InChI=1S/C26H31NO3/c28-25(18-29-21-13-12-19-8-2-3-9-20(19)16-21)27-23-17-26(14-6-1-7-15-26)30-24-11-5-4-10-22(23)24/h4-5,10-13,16,23H,1-3,6-9,14-15,17-18H2,(H,27,28)/t23-/m0/s1. The predicted molar refractivity (Wildman–Crippen MR) is 117 cm³/mol. The average Bonchev–Trinajstić information content (AvgIpc) is 2.78. The number of nitrogens with one attached hydrogen (secondary N) is 1. The molecule has 1 N–H and O–H groups in total. The second-order valence-corrected chi connectivity index (χ2v) is 9.13. The van der Waals surface area contributed by atoms with Gasteiger partial charge in [0, 0.05) is 12.0 Å². The Labute approximate surface area is 179 Å². The first-order valence-corrected chi connectivity index (χ1v) is 11.5. The van der Waals surface area contributed by atoms with Crippen LogP contribution in [-0.2, 0) is 17.6 Å². The van der Waals surface area contributed by atoms with E-state index >= 15 is 0 Å². The van der Waals surface area contributed by atoms with Crippen LogP contribution in [-0.4, -0.2) is 18.1 Å². The smallest absolute Gasteiger partial charge is 0.258 e. The van der Waals surface area contributed by atoms with Gasteiger partial charge in [0.15, 0.2) is 6.61 Å². The van der Waals surface area contributed by atoms with Gasteiger partial charge in [0.25, 0.3) is 5.91 Å². The summed E-state index contributed by atoms with van der Waals surface area (Å²) >= 11 is 0. The molecule has 1 fully saturated rings. The van der Waals surface area contributed by atoms with E-state index in [4.69, 9.17) is 9.47 Å². The van der Waals surface area contributed by atoms with Crippen LogP contribution in [0, 0.1) is 0 Å². The number of aryl methyl sites for hydroxylation is 2. The van der Waals surface area contributed by atoms with Gasteiger partial charge in [-0.2, -0.15) is 0 Å². The molecule has 4 nitrogen and oxygen atoms in total. The van der Waals surface area contributed by atoms with Gasteiger partial charge in [-0.05, 0) is 80.7 Å². The van der Waals surface area contributed by atoms with E-state index < -0.39 is 0 Å². The number of carbonyl (C=O) groups excluding carboxylic acids is 1. The van der Waals surface area contributed by atoms with Gasteiger partial charge in [-0.3, -0.25) is 4.79 Å². The summed E-state index contributed by atoms with van der Waals surface area (Å²) in [6, 6.07) is 14.4. The molecule has 2 aliphatic carbocycles. The Morgan fingerprint density at radius 1 is 1.00 bits per heavy atom. The maximum absolute atomic E-state index is 12.8. The third kappa shape index (κ3) is 4.05. The first-order valence-electron chi connectivity index (χ1n) is 11.5. The number of hydrogen-bond acceptors (Lipinski definition) is 3. The molecular formula is C26H31NO3. The Morgan fingerprint density at radius 3 is 2.67 bits per heavy atom. The van der Waals surface area contributed by atoms with Crippen LogP contribution < -0.4 is 14.8 Å². The van der Waals surface area contributed by atoms with Gasteiger partial charge in [-0.15, -0.1) is 0 Å². The van der Waals surface area contributed by atoms with Gasteiger partial charge < -0.3 is 14.8 Å². The summed E-state index contributed by atoms with van der Waals surface area (Å²) in [4.78, 5) is 12.8. The van der Waals surface area contributed by atoms with Crippen LogP contribution in [0.4, 0.5) is 0 Å². The van der Waals surface area contributed by atoms with Crippen LogP contribution in [0.5, 0.6) is 11.5 Å². The first-order chi connectivity index (χ1) is 14.7. The van der Waals surface area contributed by atoms with Crippen molar-refractivity contribution in [2.24, 2.45) is 0 Å². The summed E-state index contributed by atoms with van der Waals surface area (Å²) in [7, 11) is 0. The van der Waals surface area contributed by atoms with Crippen molar-refractivity contribution in [3.8, 4) is 11.5 Å². The number of hydrogen-bond donors (Lipinski definition) is 1. The van der Waals surface area contributed by atoms with E-state index in [2.05, 4.69) is 23.5 Å². The second-order valence-electron chi connectivity index (χ2n) is 9.13. The predicted octanol–water partition coefficient (Wildman–Crippen LogP) is 5.29. The Balaban J connectivity index is 1.25. The van der Waals surface area contributed by atoms with E-state index in [0.29, 0.717) is 0 Å². The van der Waals surface area contributed by atoms with Crippen molar-refractivity contribution in [2.75, 3.05) is 6.61 Å². The minimum absolute atomic E-state index is 0.0207. The van der Waals surface area contributed by atoms with Crippen molar-refractivity contribution < 1.29 is 14.3 Å². The van der Waals surface area contributed by atoms with Crippen LogP contribution >= 0.6 is 0 Å².